The van der Waals surface area contributed by atoms with Crippen molar-refractivity contribution in [2.75, 3.05) is 0 Å². The van der Waals surface area contributed by atoms with Gasteiger partial charge in [0.1, 0.15) is 0 Å². The van der Waals surface area contributed by atoms with Gasteiger partial charge >= 0.3 is 70.3 Å². The van der Waals surface area contributed by atoms with Crippen LogP contribution < -0.4 is 24.8 Å². The van der Waals surface area contributed by atoms with Crippen LogP contribution in [-0.2, 0) is 30.7 Å². The zero-order valence-electron chi connectivity index (χ0n) is 23.0. The third kappa shape index (κ3) is 9.31. The van der Waals surface area contributed by atoms with E-state index < -0.39 is 0 Å². The maximum atomic E-state index is 3.57. The first-order valence-corrected chi connectivity index (χ1v) is 14.0. The first-order chi connectivity index (χ1) is 16.7. The molecule has 0 nitrogen and oxygen atoms in total. The zero-order chi connectivity index (χ0) is 25.4. The molecular formula is C34H38Cl2Zr-2. The summed E-state index contributed by atoms with van der Waals surface area (Å²) in [4.78, 5) is 0. The predicted molar refractivity (Wildman–Crippen MR) is 148 cm³/mol. The maximum absolute atomic E-state index is 3.57. The second kappa shape index (κ2) is 15.8. The smallest absolute Gasteiger partial charge is 0.0253 e. The first kappa shape index (κ1) is 33.5. The van der Waals surface area contributed by atoms with Crippen molar-refractivity contribution in [2.45, 2.75) is 60.8 Å². The molecule has 0 bridgehead atoms. The van der Waals surface area contributed by atoms with Crippen LogP contribution in [0.1, 0.15) is 71.1 Å². The fraction of sp³-hybridized carbons (Fsp3) is 0.324. The Kier molecular flexibility index (Phi) is 14.3. The van der Waals surface area contributed by atoms with Gasteiger partial charge in [-0.05, 0) is 6.42 Å². The van der Waals surface area contributed by atoms with Crippen LogP contribution in [0.15, 0.2) is 90.0 Å². The van der Waals surface area contributed by atoms with E-state index in [0.717, 1.165) is 12.8 Å². The van der Waals surface area contributed by atoms with E-state index in [1.165, 1.54) is 72.8 Å². The van der Waals surface area contributed by atoms with Gasteiger partial charge in [-0.3, -0.25) is 6.08 Å². The summed E-state index contributed by atoms with van der Waals surface area (Å²) in [5.74, 6) is 0.573. The normalized spacial score (nSPS) is 14.6. The van der Waals surface area contributed by atoms with Crippen molar-refractivity contribution >= 4 is 3.21 Å². The van der Waals surface area contributed by atoms with E-state index in [1.807, 2.05) is 12.1 Å². The van der Waals surface area contributed by atoms with Gasteiger partial charge < -0.3 is 24.8 Å². The van der Waals surface area contributed by atoms with E-state index in [1.54, 1.807) is 0 Å². The number of allylic oxidation sites excluding steroid dienone is 4. The Labute approximate surface area is 252 Å². The van der Waals surface area contributed by atoms with Crippen molar-refractivity contribution in [3.8, 4) is 11.1 Å². The Bertz CT molecular complexity index is 1160. The van der Waals surface area contributed by atoms with Crippen molar-refractivity contribution in [3.63, 3.8) is 0 Å². The summed E-state index contributed by atoms with van der Waals surface area (Å²) in [6.45, 7) is 13.5. The molecule has 3 heteroatoms. The van der Waals surface area contributed by atoms with Crippen molar-refractivity contribution in [1.82, 2.24) is 0 Å². The van der Waals surface area contributed by atoms with Gasteiger partial charge in [0.05, 0.1) is 0 Å². The molecule has 2 aliphatic rings. The van der Waals surface area contributed by atoms with Gasteiger partial charge in [-0.15, -0.1) is 5.56 Å². The van der Waals surface area contributed by atoms with Crippen LogP contribution in [0.4, 0.5) is 0 Å². The first-order valence-electron chi connectivity index (χ1n) is 12.8. The van der Waals surface area contributed by atoms with E-state index in [0.29, 0.717) is 11.3 Å². The molecule has 0 heterocycles. The standard InChI is InChI=1S/C13H9.C13H21.C8H8.2ClH.Zr/c1-3-7-12-10(5-1)9-11-6-2-4-8-13(11)12;1-6-10-8-11(7-2)12(9-10)13(3,4)5;1-2-8-6-4-3-5-7-8;;;/h1-5,7-8H,9H2;9-10H,6-7H2,1-5H3;3-7H,1H3;2*1H;/q2*-1;;;;+2/p-2. The van der Waals surface area contributed by atoms with Gasteiger partial charge in [-0.2, -0.15) is 41.5 Å². The third-order valence-electron chi connectivity index (χ3n) is 6.48. The fourth-order valence-electron chi connectivity index (χ4n) is 4.55. The van der Waals surface area contributed by atoms with Crippen molar-refractivity contribution in [2.24, 2.45) is 11.3 Å². The van der Waals surface area contributed by atoms with Crippen LogP contribution >= 0.6 is 0 Å². The van der Waals surface area contributed by atoms with Crippen LogP contribution in [0, 0.1) is 23.5 Å². The molecule has 0 aromatic heterocycles. The quantitative estimate of drug-likeness (QED) is 0.314. The molecule has 5 rings (SSSR count). The Morgan fingerprint density at radius 1 is 0.892 bits per heavy atom. The number of fused-ring (bicyclic) bond motifs is 3. The van der Waals surface area contributed by atoms with Crippen molar-refractivity contribution in [1.29, 1.82) is 0 Å². The Balaban J connectivity index is 0.000000275. The van der Waals surface area contributed by atoms with Crippen LogP contribution in [0.5, 0.6) is 0 Å². The molecule has 0 aliphatic heterocycles. The molecule has 1 unspecified atom stereocenters. The minimum Gasteiger partial charge on any atom is -1.00 e. The van der Waals surface area contributed by atoms with Crippen LogP contribution in [-0.4, -0.2) is 3.21 Å². The molecule has 1 atom stereocenters. The summed E-state index contributed by atoms with van der Waals surface area (Å²) in [5, 5.41) is 0. The maximum Gasteiger partial charge on any atom is -0.0253 e. The largest absolute Gasteiger partial charge is 1.00 e. The zero-order valence-corrected chi connectivity index (χ0v) is 26.9. The molecule has 37 heavy (non-hydrogen) atoms. The van der Waals surface area contributed by atoms with E-state index in [4.69, 9.17) is 0 Å². The molecule has 0 radical (unpaired) electrons. The molecule has 3 aromatic carbocycles. The molecule has 194 valence electrons. The van der Waals surface area contributed by atoms with Gasteiger partial charge in [0.15, 0.2) is 0 Å². The minimum absolute atomic E-state index is 0. The van der Waals surface area contributed by atoms with Crippen LogP contribution in [0.2, 0.25) is 0 Å². The number of hydrogen-bond donors (Lipinski definition) is 0. The Morgan fingerprint density at radius 2 is 1.51 bits per heavy atom. The summed E-state index contributed by atoms with van der Waals surface area (Å²) in [5.41, 5.74) is 10.1. The molecule has 2 aliphatic carbocycles. The molecule has 0 fully saturated rings. The minimum atomic E-state index is 0. The third-order valence-corrected chi connectivity index (χ3v) is 7.19. The fourth-order valence-corrected chi connectivity index (χ4v) is 4.96. The van der Waals surface area contributed by atoms with Gasteiger partial charge in [0.25, 0.3) is 0 Å². The van der Waals surface area contributed by atoms with E-state index in [2.05, 4.69) is 120 Å². The average Bonchev–Trinajstić information content (AvgIpc) is 3.47. The number of halogens is 2. The van der Waals surface area contributed by atoms with Crippen LogP contribution in [0.3, 0.4) is 0 Å². The van der Waals surface area contributed by atoms with Crippen LogP contribution in [0.25, 0.3) is 11.1 Å². The summed E-state index contributed by atoms with van der Waals surface area (Å²) in [7, 11) is 0. The number of hydrogen-bond acceptors (Lipinski definition) is 0. The molecule has 0 saturated heterocycles. The summed E-state index contributed by atoms with van der Waals surface area (Å²) in [6.07, 6.45) is 9.33. The van der Waals surface area contributed by atoms with E-state index >= 15 is 0 Å². The van der Waals surface area contributed by atoms with Gasteiger partial charge in [-0.25, -0.2) is 5.57 Å². The molecule has 0 N–H and O–H groups in total. The SMILES string of the molecule is CCC1=[C-]C(CC)C=C1C(C)(C)C.C[C](=[Zr+2])c1ccccc1.[Cl-].[Cl-].[c-]1cccc2c1Cc1ccccc1-2. The molecule has 0 spiro atoms. The Hall–Kier alpha value is -1.53. The predicted octanol–water partition coefficient (Wildman–Crippen LogP) is 2.98. The van der Waals surface area contributed by atoms with Gasteiger partial charge in [0, 0.05) is 0 Å². The molecular weight excluding hydrogens is 571 g/mol. The summed E-state index contributed by atoms with van der Waals surface area (Å²) in [6, 6.07) is 28.6. The molecule has 0 saturated carbocycles. The Morgan fingerprint density at radius 3 is 2.05 bits per heavy atom. The second-order valence-corrected chi connectivity index (χ2v) is 12.1. The van der Waals surface area contributed by atoms with E-state index in [9.17, 15) is 0 Å². The van der Waals surface area contributed by atoms with Gasteiger partial charge in [-0.1, -0.05) is 94.2 Å². The van der Waals surface area contributed by atoms with Crippen molar-refractivity contribution < 1.29 is 49.0 Å². The molecule has 3 aromatic rings. The van der Waals surface area contributed by atoms with Crippen molar-refractivity contribution in [3.05, 3.63) is 119 Å². The van der Waals surface area contributed by atoms with E-state index in [-0.39, 0.29) is 24.8 Å². The summed E-state index contributed by atoms with van der Waals surface area (Å²) < 4.78 is 1.46. The topological polar surface area (TPSA) is 0 Å². The number of rotatable bonds is 3. The second-order valence-electron chi connectivity index (χ2n) is 10.2. The number of benzene rings is 3. The average molecular weight is 609 g/mol. The molecule has 0 amide bonds. The summed E-state index contributed by atoms with van der Waals surface area (Å²) >= 11 is 1.51. The monoisotopic (exact) mass is 606 g/mol. The van der Waals surface area contributed by atoms with Gasteiger partial charge in [0.2, 0.25) is 0 Å².